The predicted octanol–water partition coefficient (Wildman–Crippen LogP) is 2.81. The first kappa shape index (κ1) is 14.0. The van der Waals surface area contributed by atoms with E-state index in [2.05, 4.69) is 26.1 Å². The first-order valence-corrected chi connectivity index (χ1v) is 6.97. The second-order valence-corrected chi connectivity index (χ2v) is 5.87. The summed E-state index contributed by atoms with van der Waals surface area (Å²) >= 11 is 0. The Hall–Kier alpha value is -0.0800. The van der Waals surface area contributed by atoms with Gasteiger partial charge >= 0.3 is 0 Å². The lowest BCUT2D eigenvalue weighted by Gasteiger charge is -2.32. The molecule has 3 atom stereocenters. The van der Waals surface area contributed by atoms with Gasteiger partial charge in [0.15, 0.2) is 0 Å². The molecule has 0 amide bonds. The van der Waals surface area contributed by atoms with Gasteiger partial charge in [-0.15, -0.1) is 0 Å². The third kappa shape index (κ3) is 4.84. The quantitative estimate of drug-likeness (QED) is 0.731. The van der Waals surface area contributed by atoms with Crippen LogP contribution in [0.1, 0.15) is 52.9 Å². The summed E-state index contributed by atoms with van der Waals surface area (Å²) in [5.74, 6) is 2.16. The van der Waals surface area contributed by atoms with E-state index in [1.54, 1.807) is 0 Å². The van der Waals surface area contributed by atoms with Gasteiger partial charge in [-0.25, -0.2) is 0 Å². The maximum absolute atomic E-state index is 9.50. The molecular formula is C14H29NO. The average molecular weight is 227 g/mol. The molecule has 0 aromatic carbocycles. The molecule has 96 valence electrons. The Balaban J connectivity index is 2.28. The zero-order valence-corrected chi connectivity index (χ0v) is 11.2. The summed E-state index contributed by atoms with van der Waals surface area (Å²) < 4.78 is 0. The zero-order valence-electron chi connectivity index (χ0n) is 11.2. The maximum Gasteiger partial charge on any atom is 0.0462 e. The molecule has 0 spiro atoms. The Morgan fingerprint density at radius 1 is 1.31 bits per heavy atom. The Bertz CT molecular complexity index is 182. The highest BCUT2D eigenvalue weighted by Crippen LogP contribution is 2.34. The van der Waals surface area contributed by atoms with Crippen molar-refractivity contribution in [3.05, 3.63) is 0 Å². The fourth-order valence-electron chi connectivity index (χ4n) is 2.94. The van der Waals surface area contributed by atoms with E-state index in [0.717, 1.165) is 24.8 Å². The van der Waals surface area contributed by atoms with E-state index in [1.165, 1.54) is 25.7 Å². The van der Waals surface area contributed by atoms with Gasteiger partial charge in [-0.2, -0.15) is 0 Å². The molecular weight excluding hydrogens is 198 g/mol. The Morgan fingerprint density at radius 3 is 2.62 bits per heavy atom. The summed E-state index contributed by atoms with van der Waals surface area (Å²) in [4.78, 5) is 0. The van der Waals surface area contributed by atoms with Crippen LogP contribution >= 0.6 is 0 Å². The van der Waals surface area contributed by atoms with Crippen LogP contribution in [0.3, 0.4) is 0 Å². The van der Waals surface area contributed by atoms with Gasteiger partial charge in [0.05, 0.1) is 0 Å². The topological polar surface area (TPSA) is 32.3 Å². The third-order valence-corrected chi connectivity index (χ3v) is 3.95. The summed E-state index contributed by atoms with van der Waals surface area (Å²) in [5, 5.41) is 13.0. The van der Waals surface area contributed by atoms with Crippen LogP contribution in [0.25, 0.3) is 0 Å². The Kier molecular flexibility index (Phi) is 6.37. The molecule has 3 unspecified atom stereocenters. The largest absolute Gasteiger partial charge is 0.396 e. The summed E-state index contributed by atoms with van der Waals surface area (Å²) in [6.45, 7) is 8.13. The molecule has 1 fully saturated rings. The minimum atomic E-state index is 0.372. The lowest BCUT2D eigenvalue weighted by Crippen LogP contribution is -2.30. The van der Waals surface area contributed by atoms with E-state index in [9.17, 15) is 5.11 Å². The number of aliphatic hydroxyl groups excluding tert-OH is 1. The van der Waals surface area contributed by atoms with Crippen LogP contribution in [0.4, 0.5) is 0 Å². The molecule has 2 heteroatoms. The van der Waals surface area contributed by atoms with Crippen molar-refractivity contribution < 1.29 is 5.11 Å². The predicted molar refractivity (Wildman–Crippen MR) is 69.5 cm³/mol. The van der Waals surface area contributed by atoms with Gasteiger partial charge in [0.2, 0.25) is 0 Å². The van der Waals surface area contributed by atoms with Crippen LogP contribution in [-0.4, -0.2) is 24.3 Å². The van der Waals surface area contributed by atoms with E-state index in [1.807, 2.05) is 0 Å². The van der Waals surface area contributed by atoms with Crippen LogP contribution in [-0.2, 0) is 0 Å². The molecule has 0 aromatic heterocycles. The van der Waals surface area contributed by atoms with Crippen molar-refractivity contribution >= 4 is 0 Å². The highest BCUT2D eigenvalue weighted by atomic mass is 16.3. The average Bonchev–Trinajstić information content (AvgIpc) is 2.24. The van der Waals surface area contributed by atoms with Crippen LogP contribution in [0.5, 0.6) is 0 Å². The number of hydrogen-bond donors (Lipinski definition) is 2. The fraction of sp³-hybridized carbons (Fsp3) is 1.00. The molecule has 1 aliphatic carbocycles. The van der Waals surface area contributed by atoms with Gasteiger partial charge < -0.3 is 10.4 Å². The third-order valence-electron chi connectivity index (χ3n) is 3.95. The molecule has 0 aliphatic heterocycles. The molecule has 0 heterocycles. The first-order valence-electron chi connectivity index (χ1n) is 6.97. The Labute approximate surface area is 101 Å². The van der Waals surface area contributed by atoms with E-state index in [4.69, 9.17) is 0 Å². The standard InChI is InChI=1S/C14H29NO/c1-11(2)15-8-7-14(10-16)13-6-4-5-12(3)9-13/h11-16H,4-10H2,1-3H3. The van der Waals surface area contributed by atoms with E-state index >= 15 is 0 Å². The lowest BCUT2D eigenvalue weighted by molar-refractivity contribution is 0.122. The van der Waals surface area contributed by atoms with Crippen molar-refractivity contribution in [2.75, 3.05) is 13.2 Å². The molecule has 2 nitrogen and oxygen atoms in total. The summed E-state index contributed by atoms with van der Waals surface area (Å²) in [7, 11) is 0. The van der Waals surface area contributed by atoms with Crippen molar-refractivity contribution in [3.8, 4) is 0 Å². The van der Waals surface area contributed by atoms with Crippen molar-refractivity contribution in [3.63, 3.8) is 0 Å². The minimum Gasteiger partial charge on any atom is -0.396 e. The highest BCUT2D eigenvalue weighted by molar-refractivity contribution is 4.77. The molecule has 1 saturated carbocycles. The van der Waals surface area contributed by atoms with E-state index in [-0.39, 0.29) is 0 Å². The molecule has 0 radical (unpaired) electrons. The summed E-state index contributed by atoms with van der Waals surface area (Å²) in [6, 6.07) is 0.560. The second-order valence-electron chi connectivity index (χ2n) is 5.87. The minimum absolute atomic E-state index is 0.372. The number of rotatable bonds is 6. The smallest absolute Gasteiger partial charge is 0.0462 e. The van der Waals surface area contributed by atoms with Gasteiger partial charge in [0.1, 0.15) is 0 Å². The van der Waals surface area contributed by atoms with Crippen molar-refractivity contribution in [1.82, 2.24) is 5.32 Å². The summed E-state index contributed by atoms with van der Waals surface area (Å²) in [6.07, 6.45) is 6.54. The Morgan fingerprint density at radius 2 is 2.06 bits per heavy atom. The van der Waals surface area contributed by atoms with Gasteiger partial charge in [-0.3, -0.25) is 0 Å². The molecule has 0 saturated heterocycles. The van der Waals surface area contributed by atoms with Crippen molar-refractivity contribution in [1.29, 1.82) is 0 Å². The van der Waals surface area contributed by atoms with E-state index in [0.29, 0.717) is 18.6 Å². The number of aliphatic hydroxyl groups is 1. The molecule has 1 aliphatic rings. The molecule has 2 N–H and O–H groups in total. The molecule has 1 rings (SSSR count). The number of hydrogen-bond acceptors (Lipinski definition) is 2. The second kappa shape index (κ2) is 7.29. The van der Waals surface area contributed by atoms with E-state index < -0.39 is 0 Å². The van der Waals surface area contributed by atoms with Gasteiger partial charge in [-0.05, 0) is 37.1 Å². The monoisotopic (exact) mass is 227 g/mol. The van der Waals surface area contributed by atoms with Crippen LogP contribution in [0, 0.1) is 17.8 Å². The molecule has 16 heavy (non-hydrogen) atoms. The first-order chi connectivity index (χ1) is 7.63. The van der Waals surface area contributed by atoms with Crippen LogP contribution in [0.2, 0.25) is 0 Å². The van der Waals surface area contributed by atoms with Crippen LogP contribution < -0.4 is 5.32 Å². The van der Waals surface area contributed by atoms with Crippen molar-refractivity contribution in [2.24, 2.45) is 17.8 Å². The summed E-state index contributed by atoms with van der Waals surface area (Å²) in [5.41, 5.74) is 0. The van der Waals surface area contributed by atoms with Gasteiger partial charge in [0, 0.05) is 12.6 Å². The lowest BCUT2D eigenvalue weighted by atomic mass is 9.75. The van der Waals surface area contributed by atoms with Crippen LogP contribution in [0.15, 0.2) is 0 Å². The van der Waals surface area contributed by atoms with Crippen molar-refractivity contribution in [2.45, 2.75) is 58.9 Å². The zero-order chi connectivity index (χ0) is 12.0. The van der Waals surface area contributed by atoms with Gasteiger partial charge in [0.25, 0.3) is 0 Å². The fourth-order valence-corrected chi connectivity index (χ4v) is 2.94. The maximum atomic E-state index is 9.50. The molecule has 0 bridgehead atoms. The SMILES string of the molecule is CC1CCCC(C(CO)CCNC(C)C)C1. The number of nitrogens with one attached hydrogen (secondary N) is 1. The van der Waals surface area contributed by atoms with Gasteiger partial charge in [-0.1, -0.05) is 40.0 Å². The molecule has 0 aromatic rings. The highest BCUT2D eigenvalue weighted by Gasteiger charge is 2.25. The normalized spacial score (nSPS) is 28.3.